The third-order valence-electron chi connectivity index (χ3n) is 3.96. The normalized spacial score (nSPS) is 20.2. The van der Waals surface area contributed by atoms with Crippen LogP contribution in [0, 0.1) is 0 Å². The predicted molar refractivity (Wildman–Crippen MR) is 87.2 cm³/mol. The Morgan fingerprint density at radius 1 is 1.57 bits per heavy atom. The van der Waals surface area contributed by atoms with E-state index >= 15 is 0 Å². The third kappa shape index (κ3) is 3.58. The highest BCUT2D eigenvalue weighted by molar-refractivity contribution is 7.80. The Kier molecular flexibility index (Phi) is 5.27. The van der Waals surface area contributed by atoms with Gasteiger partial charge in [-0.1, -0.05) is 24.4 Å². The molecule has 1 aromatic carbocycles. The van der Waals surface area contributed by atoms with Gasteiger partial charge in [0.05, 0.1) is 18.3 Å². The zero-order valence-corrected chi connectivity index (χ0v) is 12.9. The average Bonchev–Trinajstić information content (AvgIpc) is 2.95. The van der Waals surface area contributed by atoms with Crippen molar-refractivity contribution in [1.29, 1.82) is 0 Å². The van der Waals surface area contributed by atoms with Gasteiger partial charge in [0.25, 0.3) is 0 Å². The number of aliphatic hydroxyl groups is 1. The van der Waals surface area contributed by atoms with E-state index in [1.807, 2.05) is 24.0 Å². The number of carbonyl (C=O) groups excluding carboxylic acids is 1. The van der Waals surface area contributed by atoms with Crippen molar-refractivity contribution in [3.05, 3.63) is 29.8 Å². The number of benzene rings is 1. The number of rotatable bonds is 5. The van der Waals surface area contributed by atoms with Gasteiger partial charge in [0.2, 0.25) is 5.91 Å². The van der Waals surface area contributed by atoms with Crippen LogP contribution >= 0.6 is 12.2 Å². The fourth-order valence-electron chi connectivity index (χ4n) is 2.76. The SMILES string of the molecule is CC(C(=O)Nc1ccccc1C(N)=S)N1CCCC1CO. The van der Waals surface area contributed by atoms with Gasteiger partial charge < -0.3 is 16.2 Å². The summed E-state index contributed by atoms with van der Waals surface area (Å²) in [6.45, 7) is 2.77. The number of nitrogens with one attached hydrogen (secondary N) is 1. The number of amides is 1. The number of hydrogen-bond donors (Lipinski definition) is 3. The summed E-state index contributed by atoms with van der Waals surface area (Å²) in [5.74, 6) is -0.112. The molecule has 114 valence electrons. The molecule has 0 aliphatic carbocycles. The molecule has 2 atom stereocenters. The number of aliphatic hydroxyl groups excluding tert-OH is 1. The Balaban J connectivity index is 2.09. The topological polar surface area (TPSA) is 78.6 Å². The molecule has 2 rings (SSSR count). The van der Waals surface area contributed by atoms with E-state index in [-0.39, 0.29) is 29.6 Å². The predicted octanol–water partition coefficient (Wildman–Crippen LogP) is 1.10. The van der Waals surface area contributed by atoms with E-state index in [4.69, 9.17) is 18.0 Å². The van der Waals surface area contributed by atoms with Gasteiger partial charge in [-0.05, 0) is 38.4 Å². The largest absolute Gasteiger partial charge is 0.395 e. The van der Waals surface area contributed by atoms with Crippen LogP contribution in [0.4, 0.5) is 5.69 Å². The van der Waals surface area contributed by atoms with Crippen molar-refractivity contribution in [2.45, 2.75) is 31.8 Å². The summed E-state index contributed by atoms with van der Waals surface area (Å²) in [5.41, 5.74) is 6.96. The summed E-state index contributed by atoms with van der Waals surface area (Å²) in [4.78, 5) is 14.7. The summed E-state index contributed by atoms with van der Waals surface area (Å²) in [6, 6.07) is 6.99. The first-order chi connectivity index (χ1) is 10.0. The zero-order valence-electron chi connectivity index (χ0n) is 12.1. The summed E-state index contributed by atoms with van der Waals surface area (Å²) < 4.78 is 0. The minimum Gasteiger partial charge on any atom is -0.395 e. The quantitative estimate of drug-likeness (QED) is 0.710. The molecule has 2 unspecified atom stereocenters. The monoisotopic (exact) mass is 307 g/mol. The summed E-state index contributed by atoms with van der Waals surface area (Å²) >= 11 is 5.00. The maximum atomic E-state index is 12.4. The van der Waals surface area contributed by atoms with E-state index in [0.717, 1.165) is 19.4 Å². The van der Waals surface area contributed by atoms with E-state index in [0.29, 0.717) is 11.3 Å². The minimum absolute atomic E-state index is 0.0663. The van der Waals surface area contributed by atoms with Crippen LogP contribution in [0.1, 0.15) is 25.3 Å². The molecule has 6 heteroatoms. The van der Waals surface area contributed by atoms with Gasteiger partial charge in [-0.15, -0.1) is 0 Å². The van der Waals surface area contributed by atoms with Crippen LogP contribution in [0.2, 0.25) is 0 Å². The van der Waals surface area contributed by atoms with Gasteiger partial charge in [-0.25, -0.2) is 0 Å². The molecule has 1 heterocycles. The molecule has 1 aliphatic rings. The van der Waals surface area contributed by atoms with E-state index in [2.05, 4.69) is 5.32 Å². The highest BCUT2D eigenvalue weighted by Crippen LogP contribution is 2.21. The van der Waals surface area contributed by atoms with Crippen LogP contribution in [0.15, 0.2) is 24.3 Å². The number of nitrogens with zero attached hydrogens (tertiary/aromatic N) is 1. The van der Waals surface area contributed by atoms with Gasteiger partial charge in [0.1, 0.15) is 4.99 Å². The molecular formula is C15H21N3O2S. The second-order valence-electron chi connectivity index (χ2n) is 5.29. The molecule has 0 spiro atoms. The lowest BCUT2D eigenvalue weighted by Gasteiger charge is -2.28. The Morgan fingerprint density at radius 2 is 2.29 bits per heavy atom. The van der Waals surface area contributed by atoms with Crippen molar-refractivity contribution in [1.82, 2.24) is 4.90 Å². The highest BCUT2D eigenvalue weighted by Gasteiger charge is 2.31. The van der Waals surface area contributed by atoms with E-state index in [1.54, 1.807) is 12.1 Å². The first kappa shape index (κ1) is 15.9. The number of nitrogens with two attached hydrogens (primary N) is 1. The van der Waals surface area contributed by atoms with Crippen LogP contribution < -0.4 is 11.1 Å². The zero-order chi connectivity index (χ0) is 15.4. The molecule has 0 aromatic heterocycles. The smallest absolute Gasteiger partial charge is 0.241 e. The van der Waals surface area contributed by atoms with E-state index in [1.165, 1.54) is 0 Å². The molecule has 1 amide bonds. The summed E-state index contributed by atoms with van der Waals surface area (Å²) in [7, 11) is 0. The standard InChI is InChI=1S/C15H21N3O2S/c1-10(18-8-4-5-11(18)9-19)15(20)17-13-7-3-2-6-12(13)14(16)21/h2-3,6-7,10-11,19H,4-5,8-9H2,1H3,(H2,16,21)(H,17,20). The highest BCUT2D eigenvalue weighted by atomic mass is 32.1. The van der Waals surface area contributed by atoms with Gasteiger partial charge in [-0.2, -0.15) is 0 Å². The number of likely N-dealkylation sites (tertiary alicyclic amines) is 1. The molecule has 5 nitrogen and oxygen atoms in total. The molecular weight excluding hydrogens is 286 g/mol. The molecule has 0 radical (unpaired) electrons. The fourth-order valence-corrected chi connectivity index (χ4v) is 2.94. The van der Waals surface area contributed by atoms with Crippen molar-refractivity contribution in [3.8, 4) is 0 Å². The Labute approximate surface area is 130 Å². The van der Waals surface area contributed by atoms with E-state index in [9.17, 15) is 9.90 Å². The van der Waals surface area contributed by atoms with Gasteiger partial charge in [0.15, 0.2) is 0 Å². The summed E-state index contributed by atoms with van der Waals surface area (Å²) in [5, 5.41) is 12.3. The summed E-state index contributed by atoms with van der Waals surface area (Å²) in [6.07, 6.45) is 1.93. The molecule has 21 heavy (non-hydrogen) atoms. The average molecular weight is 307 g/mol. The fraction of sp³-hybridized carbons (Fsp3) is 0.467. The Morgan fingerprint density at radius 3 is 2.95 bits per heavy atom. The van der Waals surface area contributed by atoms with Gasteiger partial charge >= 0.3 is 0 Å². The van der Waals surface area contributed by atoms with Crippen molar-refractivity contribution in [3.63, 3.8) is 0 Å². The van der Waals surface area contributed by atoms with Gasteiger partial charge in [0, 0.05) is 11.6 Å². The maximum Gasteiger partial charge on any atom is 0.241 e. The van der Waals surface area contributed by atoms with Crippen molar-refractivity contribution >= 4 is 28.8 Å². The lowest BCUT2D eigenvalue weighted by Crippen LogP contribution is -2.46. The number of anilines is 1. The van der Waals surface area contributed by atoms with Crippen molar-refractivity contribution < 1.29 is 9.90 Å². The van der Waals surface area contributed by atoms with Crippen molar-refractivity contribution in [2.24, 2.45) is 5.73 Å². The molecule has 1 saturated heterocycles. The number of para-hydroxylation sites is 1. The Bertz CT molecular complexity index is 535. The van der Waals surface area contributed by atoms with Crippen LogP contribution in [0.25, 0.3) is 0 Å². The van der Waals surface area contributed by atoms with Gasteiger partial charge in [-0.3, -0.25) is 9.69 Å². The third-order valence-corrected chi connectivity index (χ3v) is 4.18. The van der Waals surface area contributed by atoms with Crippen LogP contribution in [0.3, 0.4) is 0 Å². The lowest BCUT2D eigenvalue weighted by molar-refractivity contribution is -0.121. The lowest BCUT2D eigenvalue weighted by atomic mass is 10.1. The second kappa shape index (κ2) is 6.98. The maximum absolute atomic E-state index is 12.4. The first-order valence-electron chi connectivity index (χ1n) is 7.11. The second-order valence-corrected chi connectivity index (χ2v) is 5.73. The Hall–Kier alpha value is -1.50. The number of carbonyl (C=O) groups is 1. The molecule has 1 aromatic rings. The van der Waals surface area contributed by atoms with Crippen LogP contribution in [0.5, 0.6) is 0 Å². The number of hydrogen-bond acceptors (Lipinski definition) is 4. The molecule has 0 bridgehead atoms. The van der Waals surface area contributed by atoms with E-state index < -0.39 is 0 Å². The minimum atomic E-state index is -0.302. The first-order valence-corrected chi connectivity index (χ1v) is 7.51. The molecule has 0 saturated carbocycles. The number of thiocarbonyl (C=S) groups is 1. The van der Waals surface area contributed by atoms with Crippen molar-refractivity contribution in [2.75, 3.05) is 18.5 Å². The molecule has 1 aliphatic heterocycles. The molecule has 1 fully saturated rings. The van der Waals surface area contributed by atoms with Crippen LogP contribution in [-0.2, 0) is 4.79 Å². The molecule has 4 N–H and O–H groups in total. The van der Waals surface area contributed by atoms with Crippen LogP contribution in [-0.4, -0.2) is 46.1 Å².